The molecule has 0 unspecified atom stereocenters. The Morgan fingerprint density at radius 1 is 1.25 bits per heavy atom. The Labute approximate surface area is 132 Å². The summed E-state index contributed by atoms with van der Waals surface area (Å²) in [6, 6.07) is 6.10. The van der Waals surface area contributed by atoms with E-state index in [1.165, 1.54) is 12.1 Å². The summed E-state index contributed by atoms with van der Waals surface area (Å²) in [7, 11) is 0. The summed E-state index contributed by atoms with van der Waals surface area (Å²) in [5.74, 6) is 0.146. The number of pyridine rings is 1. The summed E-state index contributed by atoms with van der Waals surface area (Å²) >= 11 is 15.3. The number of hydrogen-bond acceptors (Lipinski definition) is 5. The molecule has 0 atom stereocenters. The number of nitro groups is 1. The topological polar surface area (TPSA) is 94.1 Å². The molecule has 3 N–H and O–H groups in total. The number of halogens is 3. The second-order valence-corrected chi connectivity index (χ2v) is 5.32. The second-order valence-electron chi connectivity index (χ2n) is 3.71. The fourth-order valence-electron chi connectivity index (χ4n) is 1.45. The molecule has 0 amide bonds. The lowest BCUT2D eigenvalue weighted by Gasteiger charge is -2.10. The van der Waals surface area contributed by atoms with E-state index in [2.05, 4.69) is 26.2 Å². The molecule has 2 aromatic rings. The van der Waals surface area contributed by atoms with Gasteiger partial charge in [-0.1, -0.05) is 23.2 Å². The van der Waals surface area contributed by atoms with Gasteiger partial charge in [-0.2, -0.15) is 0 Å². The molecule has 9 heteroatoms. The van der Waals surface area contributed by atoms with Crippen molar-refractivity contribution < 1.29 is 4.92 Å². The smallest absolute Gasteiger partial charge is 0.311 e. The molecule has 0 saturated carbocycles. The largest absolute Gasteiger partial charge is 0.378 e. The van der Waals surface area contributed by atoms with Gasteiger partial charge >= 0.3 is 5.69 Å². The van der Waals surface area contributed by atoms with Gasteiger partial charge < -0.3 is 11.1 Å². The van der Waals surface area contributed by atoms with Crippen LogP contribution in [0.25, 0.3) is 0 Å². The number of nitrogens with zero attached hydrogens (tertiary/aromatic N) is 2. The molecule has 1 aromatic heterocycles. The van der Waals surface area contributed by atoms with Gasteiger partial charge in [-0.15, -0.1) is 0 Å². The summed E-state index contributed by atoms with van der Waals surface area (Å²) in [5.41, 5.74) is 5.77. The fourth-order valence-corrected chi connectivity index (χ4v) is 2.27. The van der Waals surface area contributed by atoms with Gasteiger partial charge in [0.1, 0.15) is 5.82 Å². The van der Waals surface area contributed by atoms with E-state index in [4.69, 9.17) is 28.9 Å². The highest BCUT2D eigenvalue weighted by Crippen LogP contribution is 2.37. The van der Waals surface area contributed by atoms with Crippen LogP contribution in [-0.4, -0.2) is 9.91 Å². The lowest BCUT2D eigenvalue weighted by molar-refractivity contribution is -0.384. The van der Waals surface area contributed by atoms with E-state index in [-0.39, 0.29) is 11.5 Å². The molecule has 0 saturated heterocycles. The third kappa shape index (κ3) is 2.95. The van der Waals surface area contributed by atoms with Gasteiger partial charge in [-0.25, -0.2) is 4.98 Å². The number of aromatic nitrogens is 1. The molecule has 6 nitrogen and oxygen atoms in total. The van der Waals surface area contributed by atoms with Gasteiger partial charge in [0.25, 0.3) is 0 Å². The van der Waals surface area contributed by atoms with Gasteiger partial charge in [0.2, 0.25) is 5.82 Å². The summed E-state index contributed by atoms with van der Waals surface area (Å²) in [5, 5.41) is 14.2. The van der Waals surface area contributed by atoms with Crippen molar-refractivity contribution in [2.24, 2.45) is 0 Å². The van der Waals surface area contributed by atoms with Crippen molar-refractivity contribution >= 4 is 62.1 Å². The first-order chi connectivity index (χ1) is 9.40. The maximum atomic E-state index is 10.6. The third-order valence-corrected chi connectivity index (χ3v) is 4.17. The van der Waals surface area contributed by atoms with Crippen molar-refractivity contribution in [1.82, 2.24) is 4.98 Å². The lowest BCUT2D eigenvalue weighted by Crippen LogP contribution is -2.01. The number of rotatable bonds is 3. The van der Waals surface area contributed by atoms with Crippen LogP contribution in [0.5, 0.6) is 0 Å². The minimum atomic E-state index is -0.602. The van der Waals surface area contributed by atoms with Crippen LogP contribution in [0.4, 0.5) is 23.0 Å². The van der Waals surface area contributed by atoms with Crippen molar-refractivity contribution in [3.63, 3.8) is 0 Å². The van der Waals surface area contributed by atoms with Crippen molar-refractivity contribution in [2.75, 3.05) is 11.1 Å². The number of anilines is 3. The van der Waals surface area contributed by atoms with Crippen LogP contribution in [0.1, 0.15) is 0 Å². The molecule has 0 aliphatic carbocycles. The Kier molecular flexibility index (Phi) is 4.32. The predicted molar refractivity (Wildman–Crippen MR) is 82.7 cm³/mol. The quantitative estimate of drug-likeness (QED) is 0.470. The van der Waals surface area contributed by atoms with Crippen molar-refractivity contribution in [2.45, 2.75) is 0 Å². The zero-order valence-corrected chi connectivity index (χ0v) is 12.8. The zero-order valence-electron chi connectivity index (χ0n) is 9.73. The molecule has 0 spiro atoms. The predicted octanol–water partition coefficient (Wildman–Crippen LogP) is 4.38. The first kappa shape index (κ1) is 14.8. The maximum absolute atomic E-state index is 10.6. The van der Waals surface area contributed by atoms with Gasteiger partial charge in [0.05, 0.1) is 20.7 Å². The molecule has 2 rings (SSSR count). The summed E-state index contributed by atoms with van der Waals surface area (Å²) in [6.07, 6.45) is 0. The summed E-state index contributed by atoms with van der Waals surface area (Å²) < 4.78 is 0.658. The Bertz CT molecular complexity index is 696. The van der Waals surface area contributed by atoms with Gasteiger partial charge in [0.15, 0.2) is 0 Å². The molecule has 1 heterocycles. The van der Waals surface area contributed by atoms with E-state index in [1.54, 1.807) is 12.1 Å². The average Bonchev–Trinajstić information content (AvgIpc) is 2.39. The normalized spacial score (nSPS) is 10.3. The number of hydrogen-bond donors (Lipinski definition) is 2. The van der Waals surface area contributed by atoms with Crippen molar-refractivity contribution in [3.05, 3.63) is 48.9 Å². The van der Waals surface area contributed by atoms with Crippen LogP contribution in [0.15, 0.2) is 28.7 Å². The Morgan fingerprint density at radius 3 is 2.55 bits per heavy atom. The average molecular weight is 378 g/mol. The van der Waals surface area contributed by atoms with E-state index >= 15 is 0 Å². The Hall–Kier alpha value is -1.57. The minimum Gasteiger partial charge on any atom is -0.378 e. The Morgan fingerprint density at radius 2 is 1.95 bits per heavy atom. The first-order valence-corrected chi connectivity index (χ1v) is 6.76. The fraction of sp³-hybridized carbons (Fsp3) is 0. The molecule has 20 heavy (non-hydrogen) atoms. The molecule has 1 aromatic carbocycles. The number of benzene rings is 1. The van der Waals surface area contributed by atoms with Crippen LogP contribution in [-0.2, 0) is 0 Å². The van der Waals surface area contributed by atoms with Crippen LogP contribution in [0.3, 0.4) is 0 Å². The van der Waals surface area contributed by atoms with E-state index in [1.807, 2.05) is 0 Å². The molecule has 0 bridgehead atoms. The molecule has 0 aliphatic heterocycles. The molecule has 0 radical (unpaired) electrons. The third-order valence-electron chi connectivity index (χ3n) is 2.40. The van der Waals surface area contributed by atoms with Gasteiger partial charge in [-0.3, -0.25) is 10.1 Å². The molecular weight excluding hydrogens is 371 g/mol. The molecule has 0 aliphatic rings. The summed E-state index contributed by atoms with van der Waals surface area (Å²) in [6.45, 7) is 0. The number of nitrogens with two attached hydrogens (primary N) is 1. The minimum absolute atomic E-state index is 0.181. The highest BCUT2D eigenvalue weighted by molar-refractivity contribution is 9.10. The van der Waals surface area contributed by atoms with Crippen LogP contribution >= 0.6 is 39.1 Å². The van der Waals surface area contributed by atoms with E-state index in [9.17, 15) is 10.1 Å². The standard InChI is InChI=1S/C11H7BrCl2N4O2/c12-5-1-2-6(10(14)9(5)13)16-8-4-3-7(18(19)20)11(15)17-8/h1-4H,(H3,15,16,17). The SMILES string of the molecule is Nc1nc(Nc2ccc(Br)c(Cl)c2Cl)ccc1[N+](=O)[O-]. The Balaban J connectivity index is 2.34. The van der Waals surface area contributed by atoms with E-state index in [0.717, 1.165) is 0 Å². The van der Waals surface area contributed by atoms with Gasteiger partial charge in [-0.05, 0) is 34.1 Å². The molecule has 104 valence electrons. The van der Waals surface area contributed by atoms with Crippen LogP contribution in [0, 0.1) is 10.1 Å². The van der Waals surface area contributed by atoms with E-state index < -0.39 is 4.92 Å². The second kappa shape index (κ2) is 5.82. The molecular formula is C11H7BrCl2N4O2. The number of nitrogens with one attached hydrogen (secondary N) is 1. The lowest BCUT2D eigenvalue weighted by atomic mass is 10.3. The van der Waals surface area contributed by atoms with Crippen LogP contribution in [0.2, 0.25) is 10.0 Å². The monoisotopic (exact) mass is 376 g/mol. The summed E-state index contributed by atoms with van der Waals surface area (Å²) in [4.78, 5) is 13.9. The van der Waals surface area contributed by atoms with E-state index in [0.29, 0.717) is 26.0 Å². The van der Waals surface area contributed by atoms with Crippen molar-refractivity contribution in [1.29, 1.82) is 0 Å². The zero-order chi connectivity index (χ0) is 14.9. The highest BCUT2D eigenvalue weighted by atomic mass is 79.9. The molecule has 0 fully saturated rings. The van der Waals surface area contributed by atoms with Crippen molar-refractivity contribution in [3.8, 4) is 0 Å². The van der Waals surface area contributed by atoms with Crippen LogP contribution < -0.4 is 11.1 Å². The van der Waals surface area contributed by atoms with Gasteiger partial charge in [0, 0.05) is 10.5 Å². The first-order valence-electron chi connectivity index (χ1n) is 5.21. The maximum Gasteiger partial charge on any atom is 0.311 e. The highest BCUT2D eigenvalue weighted by Gasteiger charge is 2.14. The number of nitrogen functional groups attached to an aromatic ring is 1.